The van der Waals surface area contributed by atoms with E-state index in [1.54, 1.807) is 22.8 Å². The lowest BCUT2D eigenvalue weighted by Gasteiger charge is -2.20. The van der Waals surface area contributed by atoms with E-state index in [9.17, 15) is 4.79 Å². The fourth-order valence-electron chi connectivity index (χ4n) is 2.28. The maximum absolute atomic E-state index is 12.5. The van der Waals surface area contributed by atoms with E-state index < -0.39 is 0 Å². The van der Waals surface area contributed by atoms with Crippen molar-refractivity contribution < 1.29 is 4.79 Å². The lowest BCUT2D eigenvalue weighted by molar-refractivity contribution is 0.0929. The molecule has 5 nitrogen and oxygen atoms in total. The summed E-state index contributed by atoms with van der Waals surface area (Å²) in [5, 5.41) is 10.8. The highest BCUT2D eigenvalue weighted by atomic mass is 35.5. The molecule has 8 heteroatoms. The van der Waals surface area contributed by atoms with Gasteiger partial charge in [-0.1, -0.05) is 37.0 Å². The summed E-state index contributed by atoms with van der Waals surface area (Å²) in [6.45, 7) is 4.16. The molecule has 1 amide bonds. The first-order chi connectivity index (χ1) is 10.8. The van der Waals surface area contributed by atoms with Crippen molar-refractivity contribution in [2.45, 2.75) is 26.3 Å². The second-order valence-corrected chi connectivity index (χ2v) is 6.96. The summed E-state index contributed by atoms with van der Waals surface area (Å²) < 4.78 is 2.26. The van der Waals surface area contributed by atoms with Gasteiger partial charge in [0.25, 0.3) is 5.91 Å². The van der Waals surface area contributed by atoms with Crippen LogP contribution in [-0.2, 0) is 7.05 Å². The number of amides is 1. The van der Waals surface area contributed by atoms with E-state index in [0.717, 1.165) is 6.42 Å². The molecule has 0 saturated heterocycles. The average molecular weight is 373 g/mol. The first-order valence-corrected chi connectivity index (χ1v) is 8.33. The molecule has 23 heavy (non-hydrogen) atoms. The number of nitrogens with zero attached hydrogens (tertiary/aromatic N) is 2. The van der Waals surface area contributed by atoms with Crippen molar-refractivity contribution >= 4 is 41.3 Å². The quantitative estimate of drug-likeness (QED) is 0.768. The first kappa shape index (κ1) is 18.0. The minimum absolute atomic E-state index is 0.271. The van der Waals surface area contributed by atoms with Gasteiger partial charge in [0, 0.05) is 12.1 Å². The molecule has 0 saturated carbocycles. The number of H-pyrrole nitrogens is 1. The molecule has 0 fully saturated rings. The summed E-state index contributed by atoms with van der Waals surface area (Å²) >= 11 is 17.1. The Labute approximate surface area is 150 Å². The van der Waals surface area contributed by atoms with Gasteiger partial charge in [-0.15, -0.1) is 0 Å². The first-order valence-electron chi connectivity index (χ1n) is 7.16. The van der Waals surface area contributed by atoms with Gasteiger partial charge < -0.3 is 9.88 Å². The summed E-state index contributed by atoms with van der Waals surface area (Å²) in [5.74, 6) is 0.777. The largest absolute Gasteiger partial charge is 0.342 e. The maximum Gasteiger partial charge on any atom is 0.253 e. The van der Waals surface area contributed by atoms with Crippen LogP contribution in [0.2, 0.25) is 10.0 Å². The molecule has 1 aromatic carbocycles. The number of carbonyl (C=O) groups excluding carboxylic acids is 1. The molecule has 1 heterocycles. The predicted octanol–water partition coefficient (Wildman–Crippen LogP) is 4.30. The van der Waals surface area contributed by atoms with Gasteiger partial charge in [0.1, 0.15) is 0 Å². The Morgan fingerprint density at radius 2 is 2.13 bits per heavy atom. The fraction of sp³-hybridized carbons (Fsp3) is 0.400. The number of rotatable bonds is 5. The van der Waals surface area contributed by atoms with Crippen LogP contribution < -0.4 is 5.32 Å². The Kier molecular flexibility index (Phi) is 5.84. The minimum atomic E-state index is -0.272. The van der Waals surface area contributed by atoms with Crippen molar-refractivity contribution in [1.29, 1.82) is 0 Å². The van der Waals surface area contributed by atoms with Crippen LogP contribution in [-0.4, -0.2) is 20.7 Å². The van der Waals surface area contributed by atoms with Crippen molar-refractivity contribution in [2.24, 2.45) is 13.0 Å². The van der Waals surface area contributed by atoms with E-state index >= 15 is 0 Å². The lowest BCUT2D eigenvalue weighted by Crippen LogP contribution is -2.31. The number of hydrogen-bond donors (Lipinski definition) is 2. The summed E-state index contributed by atoms with van der Waals surface area (Å²) in [7, 11) is 1.82. The van der Waals surface area contributed by atoms with Crippen molar-refractivity contribution in [3.8, 4) is 0 Å². The van der Waals surface area contributed by atoms with Crippen molar-refractivity contribution in [3.05, 3.63) is 44.4 Å². The van der Waals surface area contributed by atoms with Crippen molar-refractivity contribution in [1.82, 2.24) is 20.1 Å². The van der Waals surface area contributed by atoms with Gasteiger partial charge in [0.05, 0.1) is 16.6 Å². The number of aromatic amines is 1. The second-order valence-electron chi connectivity index (χ2n) is 5.73. The molecule has 1 aromatic heterocycles. The van der Waals surface area contributed by atoms with Crippen molar-refractivity contribution in [2.75, 3.05) is 0 Å². The highest BCUT2D eigenvalue weighted by Gasteiger charge is 2.22. The molecule has 0 aliphatic carbocycles. The third-order valence-electron chi connectivity index (χ3n) is 3.41. The zero-order chi connectivity index (χ0) is 17.1. The molecule has 2 aromatic rings. The molecule has 2 rings (SSSR count). The van der Waals surface area contributed by atoms with E-state index in [0.29, 0.717) is 32.1 Å². The Morgan fingerprint density at radius 3 is 2.65 bits per heavy atom. The highest BCUT2D eigenvalue weighted by molar-refractivity contribution is 7.71. The molecule has 2 N–H and O–H groups in total. The molecule has 0 radical (unpaired) electrons. The molecule has 0 aliphatic heterocycles. The standard InChI is InChI=1S/C15H18Cl2N4OS/c1-8(2)6-12(13-19-20-15(23)21(13)3)18-14(22)10-5-4-9(16)7-11(10)17/h4-5,7-8,12H,6H2,1-3H3,(H,18,22)(H,20,23)/t12-/m0/s1. The molecule has 124 valence electrons. The van der Waals surface area contributed by atoms with Gasteiger partial charge in [-0.25, -0.2) is 0 Å². The van der Waals surface area contributed by atoms with Gasteiger partial charge in [0.15, 0.2) is 10.6 Å². The van der Waals surface area contributed by atoms with Crippen LogP contribution in [0.3, 0.4) is 0 Å². The predicted molar refractivity (Wildman–Crippen MR) is 94.5 cm³/mol. The Hall–Kier alpha value is -1.37. The lowest BCUT2D eigenvalue weighted by atomic mass is 10.0. The third-order valence-corrected chi connectivity index (χ3v) is 4.33. The Morgan fingerprint density at radius 1 is 1.43 bits per heavy atom. The molecule has 0 bridgehead atoms. The second kappa shape index (κ2) is 7.47. The summed E-state index contributed by atoms with van der Waals surface area (Å²) in [4.78, 5) is 12.5. The number of halogens is 2. The average Bonchev–Trinajstić information content (AvgIpc) is 2.77. The van der Waals surface area contributed by atoms with Crippen LogP contribution in [0.4, 0.5) is 0 Å². The smallest absolute Gasteiger partial charge is 0.253 e. The molecular weight excluding hydrogens is 355 g/mol. The maximum atomic E-state index is 12.5. The number of carbonyl (C=O) groups is 1. The fourth-order valence-corrected chi connectivity index (χ4v) is 2.91. The number of benzene rings is 1. The van der Waals surface area contributed by atoms with Crippen LogP contribution in [0.5, 0.6) is 0 Å². The third kappa shape index (κ3) is 4.34. The summed E-state index contributed by atoms with van der Waals surface area (Å²) in [6, 6.07) is 4.52. The van der Waals surface area contributed by atoms with E-state index in [2.05, 4.69) is 29.4 Å². The normalized spacial score (nSPS) is 12.4. The SMILES string of the molecule is CC(C)C[C@H](NC(=O)c1ccc(Cl)cc1Cl)c1n[nH]c(=S)n1C. The van der Waals surface area contributed by atoms with Gasteiger partial charge >= 0.3 is 0 Å². The van der Waals surface area contributed by atoms with Gasteiger partial charge in [0.2, 0.25) is 0 Å². The van der Waals surface area contributed by atoms with Gasteiger partial charge in [-0.2, -0.15) is 5.10 Å². The van der Waals surface area contributed by atoms with Crippen LogP contribution in [0.25, 0.3) is 0 Å². The zero-order valence-corrected chi connectivity index (χ0v) is 15.4. The zero-order valence-electron chi connectivity index (χ0n) is 13.1. The van der Waals surface area contributed by atoms with Gasteiger partial charge in [-0.3, -0.25) is 9.89 Å². The van der Waals surface area contributed by atoms with E-state index in [-0.39, 0.29) is 11.9 Å². The summed E-state index contributed by atoms with van der Waals surface area (Å²) in [5.41, 5.74) is 0.376. The van der Waals surface area contributed by atoms with E-state index in [1.807, 2.05) is 7.05 Å². The van der Waals surface area contributed by atoms with Crippen molar-refractivity contribution in [3.63, 3.8) is 0 Å². The minimum Gasteiger partial charge on any atom is -0.342 e. The summed E-state index contributed by atoms with van der Waals surface area (Å²) in [6.07, 6.45) is 0.727. The highest BCUT2D eigenvalue weighted by Crippen LogP contribution is 2.24. The van der Waals surface area contributed by atoms with Crippen LogP contribution in [0.15, 0.2) is 18.2 Å². The van der Waals surface area contributed by atoms with Gasteiger partial charge in [-0.05, 0) is 42.8 Å². The number of aromatic nitrogens is 3. The van der Waals surface area contributed by atoms with E-state index in [1.165, 1.54) is 0 Å². The topological polar surface area (TPSA) is 62.7 Å². The van der Waals surface area contributed by atoms with E-state index in [4.69, 9.17) is 35.4 Å². The molecule has 1 atom stereocenters. The molecular formula is C15H18Cl2N4OS. The Balaban J connectivity index is 2.29. The number of hydrogen-bond acceptors (Lipinski definition) is 3. The Bertz CT molecular complexity index is 769. The monoisotopic (exact) mass is 372 g/mol. The number of nitrogens with one attached hydrogen (secondary N) is 2. The van der Waals surface area contributed by atoms with Crippen LogP contribution in [0, 0.1) is 10.7 Å². The van der Waals surface area contributed by atoms with Crippen LogP contribution in [0.1, 0.15) is 42.5 Å². The molecule has 0 spiro atoms. The van der Waals surface area contributed by atoms with Crippen LogP contribution >= 0.6 is 35.4 Å². The molecule has 0 aliphatic rings. The molecule has 0 unspecified atom stereocenters.